The lowest BCUT2D eigenvalue weighted by Crippen LogP contribution is -2.29. The average molecular weight is 296 g/mol. The van der Waals surface area contributed by atoms with Crippen molar-refractivity contribution in [2.45, 2.75) is 24.3 Å². The number of rotatable bonds is 3. The largest absolute Gasteiger partial charge is 0.304 e. The van der Waals surface area contributed by atoms with Crippen LogP contribution in [0.4, 0.5) is 0 Å². The van der Waals surface area contributed by atoms with E-state index in [-0.39, 0.29) is 22.8 Å². The summed E-state index contributed by atoms with van der Waals surface area (Å²) in [7, 11) is 0. The Kier molecular flexibility index (Phi) is 4.54. The minimum atomic E-state index is -0.220. The highest BCUT2D eigenvalue weighted by atomic mass is 32.2. The number of carbonyl (C=O) groups excluding carboxylic acids is 2. The van der Waals surface area contributed by atoms with Gasteiger partial charge >= 0.3 is 0 Å². The van der Waals surface area contributed by atoms with Crippen LogP contribution in [0.5, 0.6) is 0 Å². The highest BCUT2D eigenvalue weighted by Crippen LogP contribution is 2.20. The van der Waals surface area contributed by atoms with Crippen LogP contribution < -0.4 is 5.32 Å². The molecule has 1 unspecified atom stereocenters. The molecule has 0 aliphatic carbocycles. The van der Waals surface area contributed by atoms with Crippen molar-refractivity contribution < 1.29 is 9.59 Å². The first-order chi connectivity index (χ1) is 9.04. The van der Waals surface area contributed by atoms with Crippen molar-refractivity contribution in [2.75, 3.05) is 5.75 Å². The molecule has 0 saturated heterocycles. The number of aryl methyl sites for hydroxylation is 1. The fourth-order valence-corrected chi connectivity index (χ4v) is 2.62. The fourth-order valence-electron chi connectivity index (χ4n) is 1.23. The molecule has 2 heterocycles. The minimum absolute atomic E-state index is 0.186. The number of carbonyl (C=O) groups is 2. The predicted octanol–water partition coefficient (Wildman–Crippen LogP) is 1.01. The number of amides is 2. The first kappa shape index (κ1) is 14.0. The summed E-state index contributed by atoms with van der Waals surface area (Å²) in [6.07, 6.45) is 3.40. The fraction of sp³-hybridized carbons (Fsp3) is 0.364. The number of aromatic nitrogens is 2. The number of hydrogen-bond acceptors (Lipinski definition) is 6. The van der Waals surface area contributed by atoms with Gasteiger partial charge in [-0.15, -0.1) is 0 Å². The molecule has 0 spiro atoms. The number of amidine groups is 1. The van der Waals surface area contributed by atoms with Gasteiger partial charge in [0.15, 0.2) is 10.3 Å². The number of thioether (sulfide) groups is 2. The van der Waals surface area contributed by atoms with Gasteiger partial charge in [0.25, 0.3) is 5.91 Å². The van der Waals surface area contributed by atoms with Crippen molar-refractivity contribution in [3.8, 4) is 0 Å². The molecule has 0 bridgehead atoms. The van der Waals surface area contributed by atoms with E-state index in [1.54, 1.807) is 19.3 Å². The lowest BCUT2D eigenvalue weighted by Gasteiger charge is -2.03. The van der Waals surface area contributed by atoms with Crippen molar-refractivity contribution in [1.82, 2.24) is 15.3 Å². The maximum Gasteiger partial charge on any atom is 0.261 e. The standard InChI is InChI=1S/C11H12N4O2S2/c1-6-3-12-10(13-4-6)18-5-8(16)14-11-15-9(17)7(2)19-11/h3-4,7H,5H2,1-2H3,(H,14,15,16,17). The first-order valence-corrected chi connectivity index (χ1v) is 7.41. The molecule has 6 nitrogen and oxygen atoms in total. The molecule has 19 heavy (non-hydrogen) atoms. The lowest BCUT2D eigenvalue weighted by atomic mass is 10.4. The van der Waals surface area contributed by atoms with E-state index in [0.717, 1.165) is 5.56 Å². The molecular formula is C11H12N4O2S2. The molecule has 0 fully saturated rings. The van der Waals surface area contributed by atoms with Crippen LogP contribution in [0.1, 0.15) is 12.5 Å². The van der Waals surface area contributed by atoms with E-state index < -0.39 is 0 Å². The highest BCUT2D eigenvalue weighted by molar-refractivity contribution is 8.15. The van der Waals surface area contributed by atoms with Crippen molar-refractivity contribution in [2.24, 2.45) is 4.99 Å². The van der Waals surface area contributed by atoms with Crippen LogP contribution in [0, 0.1) is 6.92 Å². The minimum Gasteiger partial charge on any atom is -0.304 e. The second-order valence-corrected chi connectivity index (χ2v) is 6.17. The third kappa shape index (κ3) is 4.03. The highest BCUT2D eigenvalue weighted by Gasteiger charge is 2.25. The van der Waals surface area contributed by atoms with Crippen molar-refractivity contribution in [3.05, 3.63) is 18.0 Å². The monoisotopic (exact) mass is 296 g/mol. The molecule has 1 aromatic rings. The van der Waals surface area contributed by atoms with Crippen LogP contribution in [-0.4, -0.2) is 38.0 Å². The van der Waals surface area contributed by atoms with Gasteiger partial charge in [0.2, 0.25) is 5.91 Å². The van der Waals surface area contributed by atoms with Gasteiger partial charge in [-0.25, -0.2) is 9.97 Å². The smallest absolute Gasteiger partial charge is 0.261 e. The third-order valence-corrected chi connectivity index (χ3v) is 4.03. The quantitative estimate of drug-likeness (QED) is 0.662. The molecule has 2 rings (SSSR count). The van der Waals surface area contributed by atoms with Crippen LogP contribution in [0.25, 0.3) is 0 Å². The number of hydrogen-bond donors (Lipinski definition) is 1. The molecular weight excluding hydrogens is 284 g/mol. The summed E-state index contributed by atoms with van der Waals surface area (Å²) in [6, 6.07) is 0. The summed E-state index contributed by atoms with van der Waals surface area (Å²) >= 11 is 2.49. The molecule has 2 amide bonds. The zero-order valence-electron chi connectivity index (χ0n) is 10.4. The SMILES string of the molecule is Cc1cnc(SCC(=O)NC2=NC(=O)C(C)S2)nc1. The average Bonchev–Trinajstić information content (AvgIpc) is 2.67. The van der Waals surface area contributed by atoms with Crippen molar-refractivity contribution in [3.63, 3.8) is 0 Å². The van der Waals surface area contributed by atoms with E-state index in [1.807, 2.05) is 6.92 Å². The van der Waals surface area contributed by atoms with Gasteiger partial charge in [-0.2, -0.15) is 4.99 Å². The van der Waals surface area contributed by atoms with Crippen LogP contribution in [0.3, 0.4) is 0 Å². The number of nitrogens with zero attached hydrogens (tertiary/aromatic N) is 3. The predicted molar refractivity (Wildman–Crippen MR) is 75.1 cm³/mol. The van der Waals surface area contributed by atoms with Gasteiger partial charge in [0.1, 0.15) is 0 Å². The Morgan fingerprint density at radius 2 is 2.16 bits per heavy atom. The van der Waals surface area contributed by atoms with Crippen molar-refractivity contribution in [1.29, 1.82) is 0 Å². The Morgan fingerprint density at radius 3 is 2.74 bits per heavy atom. The van der Waals surface area contributed by atoms with Crippen LogP contribution >= 0.6 is 23.5 Å². The Labute approximate surface area is 118 Å². The maximum absolute atomic E-state index is 11.7. The Hall–Kier alpha value is -1.41. The van der Waals surface area contributed by atoms with Gasteiger partial charge in [-0.05, 0) is 19.4 Å². The van der Waals surface area contributed by atoms with Crippen molar-refractivity contribution >= 4 is 40.5 Å². The van der Waals surface area contributed by atoms with Gasteiger partial charge in [0, 0.05) is 12.4 Å². The molecule has 0 saturated carbocycles. The summed E-state index contributed by atoms with van der Waals surface area (Å²) in [6.45, 7) is 3.65. The summed E-state index contributed by atoms with van der Waals surface area (Å²) in [5.41, 5.74) is 0.970. The summed E-state index contributed by atoms with van der Waals surface area (Å²) in [5.74, 6) is -0.247. The molecule has 100 valence electrons. The van der Waals surface area contributed by atoms with E-state index in [4.69, 9.17) is 0 Å². The number of aliphatic imine (C=N–C) groups is 1. The van der Waals surface area contributed by atoms with Crippen LogP contribution in [-0.2, 0) is 9.59 Å². The van der Waals surface area contributed by atoms with Gasteiger partial charge < -0.3 is 5.32 Å². The Bertz CT molecular complexity index is 530. The first-order valence-electron chi connectivity index (χ1n) is 5.55. The Balaban J connectivity index is 1.81. The molecule has 1 aliphatic rings. The van der Waals surface area contributed by atoms with E-state index in [0.29, 0.717) is 10.3 Å². The summed E-state index contributed by atoms with van der Waals surface area (Å²) < 4.78 is 0. The normalized spacial score (nSPS) is 18.3. The third-order valence-electron chi connectivity index (χ3n) is 2.18. The Morgan fingerprint density at radius 1 is 1.47 bits per heavy atom. The van der Waals surface area contributed by atoms with Gasteiger partial charge in [0.05, 0.1) is 11.0 Å². The van der Waals surface area contributed by atoms with Gasteiger partial charge in [-0.1, -0.05) is 23.5 Å². The molecule has 0 radical (unpaired) electrons. The topological polar surface area (TPSA) is 84.3 Å². The second kappa shape index (κ2) is 6.16. The summed E-state index contributed by atoms with van der Waals surface area (Å²) in [4.78, 5) is 34.8. The summed E-state index contributed by atoms with van der Waals surface area (Å²) in [5, 5.41) is 3.29. The number of nitrogens with one attached hydrogen (secondary N) is 1. The lowest BCUT2D eigenvalue weighted by molar-refractivity contribution is -0.117. The van der Waals surface area contributed by atoms with E-state index in [2.05, 4.69) is 20.3 Å². The van der Waals surface area contributed by atoms with Crippen LogP contribution in [0.2, 0.25) is 0 Å². The zero-order valence-corrected chi connectivity index (χ0v) is 12.0. The molecule has 1 atom stereocenters. The second-order valence-electron chi connectivity index (χ2n) is 3.90. The molecule has 0 aromatic carbocycles. The molecule has 1 N–H and O–H groups in total. The van der Waals surface area contributed by atoms with Gasteiger partial charge in [-0.3, -0.25) is 9.59 Å². The molecule has 1 aliphatic heterocycles. The van der Waals surface area contributed by atoms with E-state index >= 15 is 0 Å². The van der Waals surface area contributed by atoms with Crippen LogP contribution in [0.15, 0.2) is 22.5 Å². The zero-order chi connectivity index (χ0) is 13.8. The van der Waals surface area contributed by atoms with E-state index in [9.17, 15) is 9.59 Å². The maximum atomic E-state index is 11.7. The van der Waals surface area contributed by atoms with E-state index in [1.165, 1.54) is 23.5 Å². The molecule has 1 aromatic heterocycles. The molecule has 8 heteroatoms.